The van der Waals surface area contributed by atoms with Gasteiger partial charge in [0.05, 0.1) is 6.04 Å². The van der Waals surface area contributed by atoms with Crippen LogP contribution >= 0.6 is 0 Å². The number of aromatic nitrogens is 1. The number of nitrogens with zero attached hydrogens (tertiary/aromatic N) is 1. The average Bonchev–Trinajstić information content (AvgIpc) is 2.68. The summed E-state index contributed by atoms with van der Waals surface area (Å²) in [5, 5.41) is 15.6. The van der Waals surface area contributed by atoms with Crippen LogP contribution in [0, 0.1) is 13.8 Å². The predicted molar refractivity (Wildman–Crippen MR) is 111 cm³/mol. The Bertz CT molecular complexity index is 1090. The summed E-state index contributed by atoms with van der Waals surface area (Å²) in [5.74, 6) is 0.227. The molecule has 134 valence electrons. The van der Waals surface area contributed by atoms with Gasteiger partial charge in [-0.25, -0.2) is 4.98 Å². The maximum atomic E-state index is 11.0. The van der Waals surface area contributed by atoms with E-state index in [0.717, 1.165) is 27.9 Å². The molecule has 0 saturated carbocycles. The molecule has 0 aliphatic heterocycles. The standard InChI is InChI=1S/C24H22N2O/c1-16-7-6-10-20(15-16)26-22(18-8-4-3-5-9-18)21-14-13-19-12-11-17(2)25-23(19)24(21)27/h3-15,22,26-27H,1-2H3. The largest absolute Gasteiger partial charge is 0.505 e. The van der Waals surface area contributed by atoms with Gasteiger partial charge in [0.25, 0.3) is 0 Å². The van der Waals surface area contributed by atoms with E-state index in [2.05, 4.69) is 41.5 Å². The Kier molecular flexibility index (Phi) is 4.51. The molecule has 0 fully saturated rings. The maximum absolute atomic E-state index is 11.0. The number of benzene rings is 3. The second-order valence-electron chi connectivity index (χ2n) is 6.89. The average molecular weight is 354 g/mol. The fraction of sp³-hybridized carbons (Fsp3) is 0.125. The summed E-state index contributed by atoms with van der Waals surface area (Å²) >= 11 is 0. The highest BCUT2D eigenvalue weighted by Crippen LogP contribution is 2.36. The first-order chi connectivity index (χ1) is 13.1. The van der Waals surface area contributed by atoms with Gasteiger partial charge in [-0.2, -0.15) is 0 Å². The van der Waals surface area contributed by atoms with Gasteiger partial charge in [-0.15, -0.1) is 0 Å². The van der Waals surface area contributed by atoms with Crippen molar-refractivity contribution in [3.05, 3.63) is 101 Å². The van der Waals surface area contributed by atoms with Crippen molar-refractivity contribution < 1.29 is 5.11 Å². The van der Waals surface area contributed by atoms with Crippen molar-refractivity contribution in [3.63, 3.8) is 0 Å². The number of hydrogen-bond acceptors (Lipinski definition) is 3. The molecule has 1 atom stereocenters. The summed E-state index contributed by atoms with van der Waals surface area (Å²) in [6.07, 6.45) is 0. The van der Waals surface area contributed by atoms with E-state index in [1.165, 1.54) is 5.56 Å². The van der Waals surface area contributed by atoms with Crippen molar-refractivity contribution >= 4 is 16.6 Å². The summed E-state index contributed by atoms with van der Waals surface area (Å²) < 4.78 is 0. The number of hydrogen-bond donors (Lipinski definition) is 2. The van der Waals surface area contributed by atoms with E-state index in [1.54, 1.807) is 0 Å². The fourth-order valence-electron chi connectivity index (χ4n) is 3.41. The number of anilines is 1. The van der Waals surface area contributed by atoms with Gasteiger partial charge in [-0.3, -0.25) is 0 Å². The minimum Gasteiger partial charge on any atom is -0.505 e. The van der Waals surface area contributed by atoms with Crippen molar-refractivity contribution in [2.75, 3.05) is 5.32 Å². The quantitative estimate of drug-likeness (QED) is 0.490. The molecular formula is C24H22N2O. The lowest BCUT2D eigenvalue weighted by molar-refractivity contribution is 0.471. The Morgan fingerprint density at radius 1 is 0.852 bits per heavy atom. The van der Waals surface area contributed by atoms with E-state index in [9.17, 15) is 5.11 Å². The van der Waals surface area contributed by atoms with Crippen LogP contribution in [0.5, 0.6) is 5.75 Å². The Morgan fingerprint density at radius 2 is 1.63 bits per heavy atom. The van der Waals surface area contributed by atoms with Gasteiger partial charge in [-0.1, -0.05) is 60.7 Å². The highest BCUT2D eigenvalue weighted by atomic mass is 16.3. The first kappa shape index (κ1) is 17.1. The smallest absolute Gasteiger partial charge is 0.147 e. The van der Waals surface area contributed by atoms with E-state index in [0.29, 0.717) is 5.52 Å². The van der Waals surface area contributed by atoms with Gasteiger partial charge in [0.2, 0.25) is 0 Å². The zero-order chi connectivity index (χ0) is 18.8. The van der Waals surface area contributed by atoms with Crippen LogP contribution in [0.4, 0.5) is 5.69 Å². The van der Waals surface area contributed by atoms with Crippen LogP contribution in [0.2, 0.25) is 0 Å². The molecule has 4 aromatic rings. The Labute approximate surface area is 159 Å². The van der Waals surface area contributed by atoms with Crippen molar-refractivity contribution in [1.29, 1.82) is 0 Å². The van der Waals surface area contributed by atoms with Crippen molar-refractivity contribution in [3.8, 4) is 5.75 Å². The fourth-order valence-corrected chi connectivity index (χ4v) is 3.41. The van der Waals surface area contributed by atoms with Crippen molar-refractivity contribution in [2.45, 2.75) is 19.9 Å². The van der Waals surface area contributed by atoms with E-state index in [4.69, 9.17) is 0 Å². The summed E-state index contributed by atoms with van der Waals surface area (Å²) in [7, 11) is 0. The normalized spacial score (nSPS) is 12.1. The van der Waals surface area contributed by atoms with E-state index in [-0.39, 0.29) is 11.8 Å². The maximum Gasteiger partial charge on any atom is 0.147 e. The highest BCUT2D eigenvalue weighted by Gasteiger charge is 2.20. The number of rotatable bonds is 4. The number of phenols is 1. The monoisotopic (exact) mass is 354 g/mol. The zero-order valence-corrected chi connectivity index (χ0v) is 15.5. The molecule has 0 radical (unpaired) electrons. The molecule has 3 heteroatoms. The molecule has 1 aromatic heterocycles. The Hall–Kier alpha value is -3.33. The van der Waals surface area contributed by atoms with Crippen molar-refractivity contribution in [1.82, 2.24) is 4.98 Å². The third kappa shape index (κ3) is 3.49. The number of aryl methyl sites for hydroxylation is 2. The molecule has 3 aromatic carbocycles. The van der Waals surface area contributed by atoms with Crippen LogP contribution in [-0.4, -0.2) is 10.1 Å². The zero-order valence-electron chi connectivity index (χ0n) is 15.5. The van der Waals surface area contributed by atoms with Crippen molar-refractivity contribution in [2.24, 2.45) is 0 Å². The topological polar surface area (TPSA) is 45.2 Å². The lowest BCUT2D eigenvalue weighted by Gasteiger charge is -2.23. The number of phenolic OH excluding ortho intramolecular Hbond substituents is 1. The highest BCUT2D eigenvalue weighted by molar-refractivity contribution is 5.86. The minimum absolute atomic E-state index is 0.181. The Balaban J connectivity index is 1.86. The summed E-state index contributed by atoms with van der Waals surface area (Å²) in [4.78, 5) is 4.56. The summed E-state index contributed by atoms with van der Waals surface area (Å²) in [6.45, 7) is 4.01. The predicted octanol–water partition coefficient (Wildman–Crippen LogP) is 5.76. The van der Waals surface area contributed by atoms with Gasteiger partial charge < -0.3 is 10.4 Å². The third-order valence-corrected chi connectivity index (χ3v) is 4.78. The molecule has 4 rings (SSSR count). The summed E-state index contributed by atoms with van der Waals surface area (Å²) in [5.41, 5.74) is 5.62. The molecule has 1 heterocycles. The van der Waals surface area contributed by atoms with Gasteiger partial charge in [0, 0.05) is 22.3 Å². The van der Waals surface area contributed by atoms with Crippen LogP contribution in [0.3, 0.4) is 0 Å². The molecule has 0 bridgehead atoms. The van der Waals surface area contributed by atoms with Gasteiger partial charge in [0.15, 0.2) is 0 Å². The third-order valence-electron chi connectivity index (χ3n) is 4.78. The number of pyridine rings is 1. The van der Waals surface area contributed by atoms with Gasteiger partial charge in [-0.05, 0) is 43.2 Å². The van der Waals surface area contributed by atoms with Crippen LogP contribution in [0.25, 0.3) is 10.9 Å². The Morgan fingerprint density at radius 3 is 2.41 bits per heavy atom. The first-order valence-electron chi connectivity index (χ1n) is 9.09. The lowest BCUT2D eigenvalue weighted by Crippen LogP contribution is -2.13. The molecule has 3 nitrogen and oxygen atoms in total. The van der Waals surface area contributed by atoms with Gasteiger partial charge in [0.1, 0.15) is 11.3 Å². The molecule has 1 unspecified atom stereocenters. The second-order valence-corrected chi connectivity index (χ2v) is 6.89. The van der Waals surface area contributed by atoms with E-state index in [1.807, 2.05) is 61.5 Å². The lowest BCUT2D eigenvalue weighted by atomic mass is 9.96. The van der Waals surface area contributed by atoms with Crippen LogP contribution in [0.1, 0.15) is 28.4 Å². The van der Waals surface area contributed by atoms with Crippen LogP contribution in [-0.2, 0) is 0 Å². The molecule has 27 heavy (non-hydrogen) atoms. The van der Waals surface area contributed by atoms with Crippen LogP contribution in [0.15, 0.2) is 78.9 Å². The van der Waals surface area contributed by atoms with Crippen LogP contribution < -0.4 is 5.32 Å². The molecule has 0 saturated heterocycles. The molecule has 0 spiro atoms. The number of fused-ring (bicyclic) bond motifs is 1. The SMILES string of the molecule is Cc1cccc(NC(c2ccccc2)c2ccc3ccc(C)nc3c2O)c1. The first-order valence-corrected chi connectivity index (χ1v) is 9.09. The molecule has 0 amide bonds. The molecular weight excluding hydrogens is 332 g/mol. The second kappa shape index (κ2) is 7.12. The number of aromatic hydroxyl groups is 1. The summed E-state index contributed by atoms with van der Waals surface area (Å²) in [6, 6.07) is 26.2. The van der Waals surface area contributed by atoms with Gasteiger partial charge >= 0.3 is 0 Å². The van der Waals surface area contributed by atoms with E-state index < -0.39 is 0 Å². The molecule has 2 N–H and O–H groups in total. The minimum atomic E-state index is -0.181. The molecule has 0 aliphatic rings. The van der Waals surface area contributed by atoms with E-state index >= 15 is 0 Å². The number of nitrogens with one attached hydrogen (secondary N) is 1. The molecule has 0 aliphatic carbocycles.